The number of carbonyl (C=O) groups is 1. The highest BCUT2D eigenvalue weighted by molar-refractivity contribution is 5.96. The van der Waals surface area contributed by atoms with Crippen LogP contribution in [-0.2, 0) is 0 Å². The fourth-order valence-electron chi connectivity index (χ4n) is 2.07. The van der Waals surface area contributed by atoms with Crippen LogP contribution in [0.15, 0.2) is 55.0 Å². The molecule has 6 heteroatoms. The standard InChI is InChI=1S/C15H11FN4O/c16-11-4-1-5-13(14(11)15(17)21)20-8-6-12(19-20)10-3-2-7-18-9-10/h1-9H,(H2,17,21). The molecule has 0 saturated heterocycles. The van der Waals surface area contributed by atoms with E-state index < -0.39 is 11.7 Å². The summed E-state index contributed by atoms with van der Waals surface area (Å²) >= 11 is 0. The van der Waals surface area contributed by atoms with Crippen LogP contribution in [0.25, 0.3) is 16.9 Å². The van der Waals surface area contributed by atoms with Crippen LogP contribution in [-0.4, -0.2) is 20.7 Å². The zero-order valence-corrected chi connectivity index (χ0v) is 10.9. The maximum absolute atomic E-state index is 13.8. The van der Waals surface area contributed by atoms with Crippen LogP contribution in [0.2, 0.25) is 0 Å². The summed E-state index contributed by atoms with van der Waals surface area (Å²) in [6.45, 7) is 0. The number of rotatable bonds is 3. The lowest BCUT2D eigenvalue weighted by molar-refractivity contribution is 0.0996. The highest BCUT2D eigenvalue weighted by atomic mass is 19.1. The van der Waals surface area contributed by atoms with E-state index in [1.807, 2.05) is 6.07 Å². The molecule has 2 aromatic heterocycles. The molecule has 5 nitrogen and oxygen atoms in total. The van der Waals surface area contributed by atoms with Crippen LogP contribution in [0, 0.1) is 5.82 Å². The van der Waals surface area contributed by atoms with Crippen LogP contribution in [0.1, 0.15) is 10.4 Å². The first-order chi connectivity index (χ1) is 10.2. The van der Waals surface area contributed by atoms with Crippen molar-refractivity contribution >= 4 is 5.91 Å². The number of benzene rings is 1. The number of carbonyl (C=O) groups excluding carboxylic acids is 1. The predicted molar refractivity (Wildman–Crippen MR) is 75.3 cm³/mol. The van der Waals surface area contributed by atoms with E-state index in [9.17, 15) is 9.18 Å². The van der Waals surface area contributed by atoms with Gasteiger partial charge in [-0.3, -0.25) is 9.78 Å². The number of pyridine rings is 1. The Bertz CT molecular complexity index is 798. The number of aromatic nitrogens is 3. The average molecular weight is 282 g/mol. The summed E-state index contributed by atoms with van der Waals surface area (Å²) in [7, 11) is 0. The van der Waals surface area contributed by atoms with E-state index >= 15 is 0 Å². The van der Waals surface area contributed by atoms with E-state index in [1.165, 1.54) is 16.8 Å². The highest BCUT2D eigenvalue weighted by Crippen LogP contribution is 2.20. The van der Waals surface area contributed by atoms with Gasteiger partial charge in [0.1, 0.15) is 11.4 Å². The molecule has 0 bridgehead atoms. The fraction of sp³-hybridized carbons (Fsp3) is 0. The van der Waals surface area contributed by atoms with E-state index in [0.717, 1.165) is 5.56 Å². The number of nitrogens with two attached hydrogens (primary N) is 1. The number of hydrogen-bond donors (Lipinski definition) is 1. The third-order valence-corrected chi connectivity index (χ3v) is 3.03. The third kappa shape index (κ3) is 2.38. The van der Waals surface area contributed by atoms with E-state index in [2.05, 4.69) is 10.1 Å². The van der Waals surface area contributed by atoms with Gasteiger partial charge in [0.15, 0.2) is 0 Å². The molecule has 0 aliphatic heterocycles. The lowest BCUT2D eigenvalue weighted by atomic mass is 10.1. The quantitative estimate of drug-likeness (QED) is 0.800. The summed E-state index contributed by atoms with van der Waals surface area (Å²) < 4.78 is 15.2. The lowest BCUT2D eigenvalue weighted by Crippen LogP contribution is -2.17. The van der Waals surface area contributed by atoms with Gasteiger partial charge >= 0.3 is 0 Å². The van der Waals surface area contributed by atoms with Crippen molar-refractivity contribution in [1.82, 2.24) is 14.8 Å². The van der Waals surface area contributed by atoms with Crippen LogP contribution in [0.3, 0.4) is 0 Å². The zero-order valence-electron chi connectivity index (χ0n) is 10.9. The second-order valence-electron chi connectivity index (χ2n) is 4.39. The highest BCUT2D eigenvalue weighted by Gasteiger charge is 2.16. The van der Waals surface area contributed by atoms with E-state index in [1.54, 1.807) is 36.8 Å². The maximum Gasteiger partial charge on any atom is 0.253 e. The van der Waals surface area contributed by atoms with Crippen molar-refractivity contribution in [1.29, 1.82) is 0 Å². The van der Waals surface area contributed by atoms with Crippen molar-refractivity contribution in [3.63, 3.8) is 0 Å². The smallest absolute Gasteiger partial charge is 0.253 e. The molecule has 3 aromatic rings. The summed E-state index contributed by atoms with van der Waals surface area (Å²) in [5, 5.41) is 4.34. The minimum Gasteiger partial charge on any atom is -0.365 e. The first kappa shape index (κ1) is 13.0. The van der Waals surface area contributed by atoms with Crippen molar-refractivity contribution in [2.45, 2.75) is 0 Å². The molecular formula is C15H11FN4O. The average Bonchev–Trinajstić information content (AvgIpc) is 2.97. The van der Waals surface area contributed by atoms with Crippen molar-refractivity contribution < 1.29 is 9.18 Å². The Morgan fingerprint density at radius 2 is 2.05 bits per heavy atom. The Morgan fingerprint density at radius 3 is 2.76 bits per heavy atom. The molecule has 1 aromatic carbocycles. The minimum atomic E-state index is -0.832. The molecule has 0 radical (unpaired) electrons. The molecule has 104 valence electrons. The summed E-state index contributed by atoms with van der Waals surface area (Å²) in [4.78, 5) is 15.4. The SMILES string of the molecule is NC(=O)c1c(F)cccc1-n1ccc(-c2cccnc2)n1. The number of amides is 1. The summed E-state index contributed by atoms with van der Waals surface area (Å²) in [6, 6.07) is 9.69. The lowest BCUT2D eigenvalue weighted by Gasteiger charge is -2.07. The summed E-state index contributed by atoms with van der Waals surface area (Å²) in [5.74, 6) is -1.50. The minimum absolute atomic E-state index is 0.182. The van der Waals surface area contributed by atoms with Gasteiger partial charge in [-0.15, -0.1) is 0 Å². The molecule has 2 heterocycles. The van der Waals surface area contributed by atoms with Crippen LogP contribution in [0.4, 0.5) is 4.39 Å². The van der Waals surface area contributed by atoms with Crippen molar-refractivity contribution in [3.8, 4) is 16.9 Å². The molecule has 1 amide bonds. The van der Waals surface area contributed by atoms with Gasteiger partial charge in [0, 0.05) is 24.2 Å². The maximum atomic E-state index is 13.8. The molecule has 0 fully saturated rings. The number of primary amides is 1. The zero-order chi connectivity index (χ0) is 14.8. The molecule has 0 unspecified atom stereocenters. The molecule has 0 aliphatic rings. The Hall–Kier alpha value is -3.02. The van der Waals surface area contributed by atoms with Crippen molar-refractivity contribution in [2.24, 2.45) is 5.73 Å². The van der Waals surface area contributed by atoms with Crippen LogP contribution >= 0.6 is 0 Å². The van der Waals surface area contributed by atoms with Gasteiger partial charge in [-0.2, -0.15) is 5.10 Å². The number of nitrogens with zero attached hydrogens (tertiary/aromatic N) is 3. The van der Waals surface area contributed by atoms with Crippen molar-refractivity contribution in [2.75, 3.05) is 0 Å². The molecular weight excluding hydrogens is 271 g/mol. The van der Waals surface area contributed by atoms with E-state index in [-0.39, 0.29) is 5.56 Å². The summed E-state index contributed by atoms with van der Waals surface area (Å²) in [6.07, 6.45) is 4.98. The van der Waals surface area contributed by atoms with E-state index in [4.69, 9.17) is 5.73 Å². The van der Waals surface area contributed by atoms with Gasteiger partial charge in [0.2, 0.25) is 0 Å². The van der Waals surface area contributed by atoms with Crippen LogP contribution in [0.5, 0.6) is 0 Å². The molecule has 3 rings (SSSR count). The van der Waals surface area contributed by atoms with E-state index in [0.29, 0.717) is 11.4 Å². The van der Waals surface area contributed by atoms with Gasteiger partial charge in [0.05, 0.1) is 11.4 Å². The Kier molecular flexibility index (Phi) is 3.19. The van der Waals surface area contributed by atoms with Gasteiger partial charge in [-0.25, -0.2) is 9.07 Å². The Labute approximate surface area is 119 Å². The predicted octanol–water partition coefficient (Wildman–Crippen LogP) is 2.17. The second kappa shape index (κ2) is 5.16. The molecule has 0 atom stereocenters. The number of hydrogen-bond acceptors (Lipinski definition) is 3. The van der Waals surface area contributed by atoms with Gasteiger partial charge in [-0.05, 0) is 30.3 Å². The normalized spacial score (nSPS) is 10.5. The Balaban J connectivity index is 2.09. The summed E-state index contributed by atoms with van der Waals surface area (Å²) in [5.41, 5.74) is 6.86. The molecule has 0 aliphatic carbocycles. The van der Waals surface area contributed by atoms with Gasteiger partial charge in [-0.1, -0.05) is 6.07 Å². The van der Waals surface area contributed by atoms with Gasteiger partial charge in [0.25, 0.3) is 5.91 Å². The monoisotopic (exact) mass is 282 g/mol. The topological polar surface area (TPSA) is 73.8 Å². The fourth-order valence-corrected chi connectivity index (χ4v) is 2.07. The molecule has 2 N–H and O–H groups in total. The van der Waals surface area contributed by atoms with Crippen molar-refractivity contribution in [3.05, 3.63) is 66.4 Å². The number of halogens is 1. The Morgan fingerprint density at radius 1 is 1.19 bits per heavy atom. The molecule has 21 heavy (non-hydrogen) atoms. The molecule has 0 spiro atoms. The molecule has 0 saturated carbocycles. The second-order valence-corrected chi connectivity index (χ2v) is 4.39. The largest absolute Gasteiger partial charge is 0.365 e. The first-order valence-electron chi connectivity index (χ1n) is 6.21. The third-order valence-electron chi connectivity index (χ3n) is 3.03. The van der Waals surface area contributed by atoms with Gasteiger partial charge < -0.3 is 5.73 Å². The first-order valence-corrected chi connectivity index (χ1v) is 6.21. The van der Waals surface area contributed by atoms with Crippen LogP contribution < -0.4 is 5.73 Å².